The molecule has 0 saturated heterocycles. The zero-order valence-electron chi connectivity index (χ0n) is 49.7. The van der Waals surface area contributed by atoms with E-state index in [1.165, 1.54) is 238 Å². The Morgan fingerprint density at radius 3 is 0.533 bits per heavy atom. The highest BCUT2D eigenvalue weighted by Crippen LogP contribution is 2.61. The molecule has 0 unspecified atom stereocenters. The fraction of sp³-hybridized carbons (Fsp3) is 0. The van der Waals surface area contributed by atoms with E-state index in [1.807, 2.05) is 0 Å². The first kappa shape index (κ1) is 48.0. The molecule has 92 heavy (non-hydrogen) atoms. The van der Waals surface area contributed by atoms with Crippen molar-refractivity contribution in [3.8, 4) is 44.5 Å². The van der Waals surface area contributed by atoms with Crippen molar-refractivity contribution in [2.24, 2.45) is 0 Å². The molecule has 0 heterocycles. The minimum Gasteiger partial charge on any atom is -0.0616 e. The van der Waals surface area contributed by atoms with Gasteiger partial charge in [0.05, 0.1) is 0 Å². The Morgan fingerprint density at radius 2 is 0.272 bits per heavy atom. The molecule has 0 aliphatic carbocycles. The minimum absolute atomic E-state index is 1.25. The first-order valence-corrected chi connectivity index (χ1v) is 32.4. The quantitative estimate of drug-likeness (QED) is 0.122. The normalized spacial score (nSPS) is 12.8. The van der Waals surface area contributed by atoms with Crippen molar-refractivity contribution >= 4 is 194 Å². The van der Waals surface area contributed by atoms with Gasteiger partial charge in [-0.1, -0.05) is 291 Å². The summed E-state index contributed by atoms with van der Waals surface area (Å²) in [6.07, 6.45) is 0. The second-order valence-corrected chi connectivity index (χ2v) is 26.2. The first-order chi connectivity index (χ1) is 45.7. The van der Waals surface area contributed by atoms with Crippen LogP contribution in [0.1, 0.15) is 0 Å². The van der Waals surface area contributed by atoms with Gasteiger partial charge in [-0.05, 0) is 238 Å². The smallest absolute Gasteiger partial charge is 0.000695 e. The second-order valence-electron chi connectivity index (χ2n) is 26.2. The third-order valence-corrected chi connectivity index (χ3v) is 22.1. The van der Waals surface area contributed by atoms with Crippen LogP contribution in [0.15, 0.2) is 291 Å². The molecule has 0 N–H and O–H groups in total. The lowest BCUT2D eigenvalue weighted by atomic mass is 9.84. The number of fused-ring (bicyclic) bond motifs is 18. The molecule has 0 saturated carbocycles. The number of rotatable bonds is 4. The van der Waals surface area contributed by atoms with Crippen molar-refractivity contribution in [1.82, 2.24) is 0 Å². The monoisotopic (exact) mass is 1150 g/mol. The van der Waals surface area contributed by atoms with Crippen molar-refractivity contribution in [2.45, 2.75) is 0 Å². The molecule has 23 aromatic carbocycles. The molecule has 23 aromatic rings. The van der Waals surface area contributed by atoms with E-state index in [2.05, 4.69) is 291 Å². The van der Waals surface area contributed by atoms with E-state index in [0.29, 0.717) is 0 Å². The highest BCUT2D eigenvalue weighted by molar-refractivity contribution is 6.54. The maximum Gasteiger partial charge on any atom is -0.000695 e. The summed E-state index contributed by atoms with van der Waals surface area (Å²) < 4.78 is 0. The molecule has 0 fully saturated rings. The van der Waals surface area contributed by atoms with Crippen molar-refractivity contribution in [3.63, 3.8) is 0 Å². The lowest BCUT2D eigenvalue weighted by molar-refractivity contribution is 1.72. The van der Waals surface area contributed by atoms with Crippen LogP contribution in [0.4, 0.5) is 0 Å². The van der Waals surface area contributed by atoms with Crippen molar-refractivity contribution < 1.29 is 0 Å². The standard InChI is InChI=1S/C92H48/c1-5-29-55-49(17-1)21-9-33-59(55)81-85-67-37-13-25-53-26-14-38-68(75(53)67)86(85)82(60-34-10-22-50-18-2-6-30-56(50)60)90-72-46-42-64-66-44-48-74-80-73(47-43-65(78(66)80)63-41-45-71(89(81)90)79(72)77(63)64)91-83(61-35-11-23-51-19-3-7-31-57(51)61)87-69-39-15-27-54-28-16-40-70(76(54)69)88(87)84(92(74)91)62-36-12-24-52-20-4-8-32-58(52)62/h1-48H. The molecule has 0 spiro atoms. The van der Waals surface area contributed by atoms with Gasteiger partial charge in [0.15, 0.2) is 0 Å². The Morgan fingerprint density at radius 1 is 0.0978 bits per heavy atom. The van der Waals surface area contributed by atoms with E-state index in [-0.39, 0.29) is 0 Å². The molecule has 0 radical (unpaired) electrons. The number of hydrogen-bond acceptors (Lipinski definition) is 0. The predicted octanol–water partition coefficient (Wildman–Crippen LogP) is 26.3. The Hall–Kier alpha value is -12.0. The van der Waals surface area contributed by atoms with Crippen LogP contribution in [-0.2, 0) is 0 Å². The predicted molar refractivity (Wildman–Crippen MR) is 399 cm³/mol. The second kappa shape index (κ2) is 17.0. The maximum absolute atomic E-state index is 2.52. The van der Waals surface area contributed by atoms with E-state index in [0.717, 1.165) is 0 Å². The molecule has 23 rings (SSSR count). The zero-order chi connectivity index (χ0) is 59.3. The summed E-state index contributed by atoms with van der Waals surface area (Å²) in [6, 6.07) is 112. The number of hydrogen-bond donors (Lipinski definition) is 0. The Kier molecular flexibility index (Phi) is 8.90. The molecular formula is C92H48. The van der Waals surface area contributed by atoms with E-state index in [4.69, 9.17) is 0 Å². The summed E-state index contributed by atoms with van der Waals surface area (Å²) in [5, 5.41) is 46.9. The molecule has 0 heteroatoms. The van der Waals surface area contributed by atoms with Crippen LogP contribution in [0.25, 0.3) is 238 Å². The fourth-order valence-corrected chi connectivity index (χ4v) is 18.7. The van der Waals surface area contributed by atoms with Crippen LogP contribution in [0, 0.1) is 0 Å². The average Bonchev–Trinajstić information content (AvgIpc) is 1.49. The van der Waals surface area contributed by atoms with E-state index >= 15 is 0 Å². The molecule has 0 atom stereocenters. The lowest BCUT2D eigenvalue weighted by Gasteiger charge is -2.18. The lowest BCUT2D eigenvalue weighted by Crippen LogP contribution is -1.90. The molecule has 0 aromatic heterocycles. The van der Waals surface area contributed by atoms with Gasteiger partial charge in [0.2, 0.25) is 0 Å². The van der Waals surface area contributed by atoms with Gasteiger partial charge in [-0.15, -0.1) is 0 Å². The average molecular weight is 1150 g/mol. The van der Waals surface area contributed by atoms with Gasteiger partial charge in [-0.25, -0.2) is 0 Å². The maximum atomic E-state index is 2.52. The van der Waals surface area contributed by atoms with Crippen LogP contribution in [-0.4, -0.2) is 0 Å². The van der Waals surface area contributed by atoms with Gasteiger partial charge >= 0.3 is 0 Å². The molecular weight excluding hydrogens is 1110 g/mol. The topological polar surface area (TPSA) is 0 Å². The van der Waals surface area contributed by atoms with Gasteiger partial charge < -0.3 is 0 Å². The Bertz CT molecular complexity index is 6360. The Labute approximate surface area is 526 Å². The van der Waals surface area contributed by atoms with E-state index in [9.17, 15) is 0 Å². The highest BCUT2D eigenvalue weighted by atomic mass is 14.4. The van der Waals surface area contributed by atoms with Gasteiger partial charge in [0.1, 0.15) is 0 Å². The van der Waals surface area contributed by atoms with Gasteiger partial charge in [0, 0.05) is 0 Å². The van der Waals surface area contributed by atoms with Crippen LogP contribution >= 0.6 is 0 Å². The summed E-state index contributed by atoms with van der Waals surface area (Å²) in [4.78, 5) is 0. The summed E-state index contributed by atoms with van der Waals surface area (Å²) in [5.41, 5.74) is 10.4. The van der Waals surface area contributed by atoms with Gasteiger partial charge in [-0.3, -0.25) is 0 Å². The van der Waals surface area contributed by atoms with Crippen molar-refractivity contribution in [2.75, 3.05) is 0 Å². The van der Waals surface area contributed by atoms with Crippen LogP contribution in [0.2, 0.25) is 0 Å². The van der Waals surface area contributed by atoms with Crippen LogP contribution < -0.4 is 0 Å². The molecule has 0 amide bonds. The van der Waals surface area contributed by atoms with Gasteiger partial charge in [-0.2, -0.15) is 0 Å². The van der Waals surface area contributed by atoms with Crippen molar-refractivity contribution in [3.05, 3.63) is 291 Å². The van der Waals surface area contributed by atoms with Gasteiger partial charge in [0.25, 0.3) is 0 Å². The summed E-state index contributed by atoms with van der Waals surface area (Å²) in [7, 11) is 0. The first-order valence-electron chi connectivity index (χ1n) is 32.4. The molecule has 0 aliphatic heterocycles. The SMILES string of the molecule is c1ccc2c(-c3c4c5cccc6cccc(c4c(-c4cccc7ccccc47)c4c7ccc8c9ccc%10c%11c(-c%12cccc%13ccccc%12%13)c%12c%13cccc%14cccc(c%12c(-c%12cccc%15ccccc%12%15)c%11c%11ccc(c%12ccc(c34)c7c%128)c9c%11%10)c%14%13)c65)cccc2c1. The summed E-state index contributed by atoms with van der Waals surface area (Å²) in [6.45, 7) is 0. The summed E-state index contributed by atoms with van der Waals surface area (Å²) in [5.74, 6) is 0. The fourth-order valence-electron chi connectivity index (χ4n) is 18.7. The van der Waals surface area contributed by atoms with Crippen LogP contribution in [0.3, 0.4) is 0 Å². The van der Waals surface area contributed by atoms with E-state index in [1.54, 1.807) is 0 Å². The Balaban J connectivity index is 0.932. The highest BCUT2D eigenvalue weighted by Gasteiger charge is 2.33. The third-order valence-electron chi connectivity index (χ3n) is 22.1. The number of benzene rings is 19. The van der Waals surface area contributed by atoms with Crippen LogP contribution in [0.5, 0.6) is 0 Å². The minimum atomic E-state index is 1.25. The molecule has 416 valence electrons. The summed E-state index contributed by atoms with van der Waals surface area (Å²) >= 11 is 0. The molecule has 0 aliphatic rings. The largest absolute Gasteiger partial charge is 0.0616 e. The zero-order valence-corrected chi connectivity index (χ0v) is 49.7. The molecule has 0 nitrogen and oxygen atoms in total. The molecule has 0 bridgehead atoms. The van der Waals surface area contributed by atoms with E-state index < -0.39 is 0 Å². The van der Waals surface area contributed by atoms with Crippen molar-refractivity contribution in [1.29, 1.82) is 0 Å². The third kappa shape index (κ3) is 5.74.